The maximum absolute atomic E-state index is 12.4. The Kier molecular flexibility index (Phi) is 5.18. The predicted molar refractivity (Wildman–Crippen MR) is 77.3 cm³/mol. The Morgan fingerprint density at radius 3 is 2.50 bits per heavy atom. The molecule has 1 aliphatic heterocycles. The molecule has 0 saturated carbocycles. The van der Waals surface area contributed by atoms with Crippen molar-refractivity contribution in [1.29, 1.82) is 0 Å². The van der Waals surface area contributed by atoms with Gasteiger partial charge in [0.1, 0.15) is 0 Å². The minimum absolute atomic E-state index is 0.185. The molecule has 1 heterocycles. The highest BCUT2D eigenvalue weighted by atomic mass is 16.2. The Hall–Kier alpha value is -1.05. The maximum Gasteiger partial charge on any atom is 0.226 e. The van der Waals surface area contributed by atoms with Gasteiger partial charge in [-0.1, -0.05) is 32.9 Å². The lowest BCUT2D eigenvalue weighted by molar-refractivity contribution is -0.131. The van der Waals surface area contributed by atoms with E-state index >= 15 is 0 Å². The Bertz CT molecular complexity index is 314. The highest BCUT2D eigenvalue weighted by molar-refractivity contribution is 5.81. The van der Waals surface area contributed by atoms with Gasteiger partial charge < -0.3 is 4.90 Å². The first-order valence-electron chi connectivity index (χ1n) is 6.89. The Labute approximate surface area is 112 Å². The van der Waals surface area contributed by atoms with Crippen molar-refractivity contribution in [3.63, 3.8) is 0 Å². The molecular weight excluding hydrogens is 222 g/mol. The van der Waals surface area contributed by atoms with E-state index in [1.807, 2.05) is 17.1 Å². The van der Waals surface area contributed by atoms with Crippen LogP contribution in [-0.2, 0) is 4.79 Å². The molecule has 2 heteroatoms. The van der Waals surface area contributed by atoms with Gasteiger partial charge in [-0.15, -0.1) is 13.2 Å². The van der Waals surface area contributed by atoms with Crippen LogP contribution >= 0.6 is 0 Å². The average Bonchev–Trinajstić information content (AvgIpc) is 2.54. The second kappa shape index (κ2) is 6.21. The van der Waals surface area contributed by atoms with Crippen molar-refractivity contribution in [1.82, 2.24) is 4.90 Å². The number of hydrogen-bond acceptors (Lipinski definition) is 1. The van der Waals surface area contributed by atoms with E-state index in [1.54, 1.807) is 0 Å². The number of hydrogen-bond donors (Lipinski definition) is 0. The molecule has 0 aliphatic carbocycles. The fraction of sp³-hybridized carbons (Fsp3) is 0.688. The van der Waals surface area contributed by atoms with Gasteiger partial charge in [0.05, 0.1) is 0 Å². The largest absolute Gasteiger partial charge is 0.338 e. The standard InChI is InChI=1S/C16H27NO/c1-6-8-9-13-12-17(10-7-2)15(18)14(13)11-16(3,4)5/h6-7,13-14H,1-2,8-12H2,3-5H3/t13-,14+/m0/s1. The van der Waals surface area contributed by atoms with Crippen LogP contribution in [0.1, 0.15) is 40.0 Å². The van der Waals surface area contributed by atoms with Crippen molar-refractivity contribution in [2.75, 3.05) is 13.1 Å². The van der Waals surface area contributed by atoms with Crippen LogP contribution in [0.3, 0.4) is 0 Å². The van der Waals surface area contributed by atoms with Crippen LogP contribution in [0.15, 0.2) is 25.3 Å². The van der Waals surface area contributed by atoms with Gasteiger partial charge in [0, 0.05) is 19.0 Å². The van der Waals surface area contributed by atoms with Crippen LogP contribution in [0.4, 0.5) is 0 Å². The summed E-state index contributed by atoms with van der Waals surface area (Å²) < 4.78 is 0. The third kappa shape index (κ3) is 4.01. The van der Waals surface area contributed by atoms with Crippen molar-refractivity contribution in [3.05, 3.63) is 25.3 Å². The number of rotatable bonds is 6. The predicted octanol–water partition coefficient (Wildman–Crippen LogP) is 3.65. The molecule has 0 unspecified atom stereocenters. The highest BCUT2D eigenvalue weighted by Gasteiger charge is 2.40. The second-order valence-corrected chi connectivity index (χ2v) is 6.53. The first kappa shape index (κ1) is 15.0. The van der Waals surface area contributed by atoms with E-state index in [0.717, 1.165) is 25.8 Å². The Morgan fingerprint density at radius 2 is 2.00 bits per heavy atom. The lowest BCUT2D eigenvalue weighted by Crippen LogP contribution is -2.29. The molecule has 0 bridgehead atoms. The fourth-order valence-corrected chi connectivity index (χ4v) is 2.79. The Morgan fingerprint density at radius 1 is 1.33 bits per heavy atom. The zero-order valence-corrected chi connectivity index (χ0v) is 12.1. The zero-order chi connectivity index (χ0) is 13.8. The van der Waals surface area contributed by atoms with E-state index in [4.69, 9.17) is 0 Å². The molecule has 0 aromatic heterocycles. The van der Waals surface area contributed by atoms with E-state index in [1.165, 1.54) is 0 Å². The van der Waals surface area contributed by atoms with Crippen LogP contribution in [-0.4, -0.2) is 23.9 Å². The van der Waals surface area contributed by atoms with Crippen LogP contribution in [0, 0.1) is 17.3 Å². The average molecular weight is 249 g/mol. The molecule has 0 N–H and O–H groups in total. The van der Waals surface area contributed by atoms with Crippen LogP contribution in [0.5, 0.6) is 0 Å². The lowest BCUT2D eigenvalue weighted by atomic mass is 9.78. The molecule has 1 rings (SSSR count). The van der Waals surface area contributed by atoms with E-state index in [-0.39, 0.29) is 11.3 Å². The van der Waals surface area contributed by atoms with Gasteiger partial charge in [0.25, 0.3) is 0 Å². The minimum Gasteiger partial charge on any atom is -0.338 e. The first-order valence-corrected chi connectivity index (χ1v) is 6.89. The third-order valence-corrected chi connectivity index (χ3v) is 3.58. The number of likely N-dealkylation sites (tertiary alicyclic amines) is 1. The Balaban J connectivity index is 2.75. The van der Waals surface area contributed by atoms with Gasteiger partial charge in [0.15, 0.2) is 0 Å². The van der Waals surface area contributed by atoms with Crippen LogP contribution in [0.2, 0.25) is 0 Å². The summed E-state index contributed by atoms with van der Waals surface area (Å²) in [5.74, 6) is 0.985. The van der Waals surface area contributed by atoms with Gasteiger partial charge in [0.2, 0.25) is 5.91 Å². The molecular formula is C16H27NO. The van der Waals surface area contributed by atoms with Gasteiger partial charge in [-0.3, -0.25) is 4.79 Å². The van der Waals surface area contributed by atoms with Crippen LogP contribution < -0.4 is 0 Å². The molecule has 0 radical (unpaired) electrons. The summed E-state index contributed by atoms with van der Waals surface area (Å²) in [6.45, 7) is 15.7. The van der Waals surface area contributed by atoms with Crippen LogP contribution in [0.25, 0.3) is 0 Å². The fourth-order valence-electron chi connectivity index (χ4n) is 2.79. The van der Waals surface area contributed by atoms with Gasteiger partial charge in [-0.25, -0.2) is 0 Å². The van der Waals surface area contributed by atoms with E-state index in [2.05, 4.69) is 33.9 Å². The summed E-state index contributed by atoms with van der Waals surface area (Å²) in [6, 6.07) is 0. The molecule has 1 saturated heterocycles. The van der Waals surface area contributed by atoms with E-state index in [9.17, 15) is 4.79 Å². The molecule has 0 aromatic rings. The van der Waals surface area contributed by atoms with Crippen molar-refractivity contribution < 1.29 is 4.79 Å². The molecule has 1 amide bonds. The molecule has 1 aliphatic rings. The number of nitrogens with zero attached hydrogens (tertiary/aromatic N) is 1. The normalized spacial score (nSPS) is 24.4. The van der Waals surface area contributed by atoms with Gasteiger partial charge in [-0.05, 0) is 30.6 Å². The number of carbonyl (C=O) groups excluding carboxylic acids is 1. The zero-order valence-electron chi connectivity index (χ0n) is 12.1. The van der Waals surface area contributed by atoms with E-state index in [0.29, 0.717) is 18.4 Å². The summed E-state index contributed by atoms with van der Waals surface area (Å²) in [5.41, 5.74) is 0.205. The van der Waals surface area contributed by atoms with Gasteiger partial charge >= 0.3 is 0 Å². The van der Waals surface area contributed by atoms with Crippen molar-refractivity contribution in [2.24, 2.45) is 17.3 Å². The lowest BCUT2D eigenvalue weighted by Gasteiger charge is -2.25. The molecule has 2 atom stereocenters. The third-order valence-electron chi connectivity index (χ3n) is 3.58. The maximum atomic E-state index is 12.4. The number of carbonyl (C=O) groups is 1. The van der Waals surface area contributed by atoms with Gasteiger partial charge in [-0.2, -0.15) is 0 Å². The van der Waals surface area contributed by atoms with E-state index < -0.39 is 0 Å². The van der Waals surface area contributed by atoms with Crippen molar-refractivity contribution in [2.45, 2.75) is 40.0 Å². The number of amides is 1. The molecule has 1 fully saturated rings. The molecule has 0 spiro atoms. The smallest absolute Gasteiger partial charge is 0.226 e. The molecule has 102 valence electrons. The molecule has 18 heavy (non-hydrogen) atoms. The first-order chi connectivity index (χ1) is 8.39. The summed E-state index contributed by atoms with van der Waals surface area (Å²) in [4.78, 5) is 14.4. The quantitative estimate of drug-likeness (QED) is 0.658. The highest BCUT2D eigenvalue weighted by Crippen LogP contribution is 2.37. The summed E-state index contributed by atoms with van der Waals surface area (Å²) >= 11 is 0. The molecule has 0 aromatic carbocycles. The summed E-state index contributed by atoms with van der Waals surface area (Å²) in [5, 5.41) is 0. The summed E-state index contributed by atoms with van der Waals surface area (Å²) in [6.07, 6.45) is 6.82. The summed E-state index contributed by atoms with van der Waals surface area (Å²) in [7, 11) is 0. The monoisotopic (exact) mass is 249 g/mol. The number of allylic oxidation sites excluding steroid dienone is 1. The van der Waals surface area contributed by atoms with Crippen molar-refractivity contribution >= 4 is 5.91 Å². The minimum atomic E-state index is 0.185. The molecule has 2 nitrogen and oxygen atoms in total. The van der Waals surface area contributed by atoms with Crippen molar-refractivity contribution in [3.8, 4) is 0 Å². The topological polar surface area (TPSA) is 20.3 Å². The SMILES string of the molecule is C=CCC[C@H]1CN(CC=C)C(=O)[C@@H]1CC(C)(C)C. The second-order valence-electron chi connectivity index (χ2n) is 6.53.